The van der Waals surface area contributed by atoms with E-state index in [0.29, 0.717) is 6.04 Å². The first-order valence-corrected chi connectivity index (χ1v) is 11.1. The number of nitrogens with one attached hydrogen (secondary N) is 1. The lowest BCUT2D eigenvalue weighted by molar-refractivity contribution is 0.127. The van der Waals surface area contributed by atoms with Crippen LogP contribution in [0.25, 0.3) is 0 Å². The van der Waals surface area contributed by atoms with Crippen LogP contribution in [0.15, 0.2) is 16.9 Å². The van der Waals surface area contributed by atoms with Crippen LogP contribution in [-0.2, 0) is 0 Å². The maximum Gasteiger partial charge on any atom is 0.267 e. The lowest BCUT2D eigenvalue weighted by Crippen LogP contribution is -2.45. The van der Waals surface area contributed by atoms with Gasteiger partial charge in [0.1, 0.15) is 5.82 Å². The molecule has 1 saturated carbocycles. The lowest BCUT2D eigenvalue weighted by atomic mass is 10.0. The first-order valence-electron chi connectivity index (χ1n) is 10.3. The van der Waals surface area contributed by atoms with E-state index in [-0.39, 0.29) is 11.6 Å². The van der Waals surface area contributed by atoms with Crippen molar-refractivity contribution in [3.63, 3.8) is 0 Å². The van der Waals surface area contributed by atoms with Crippen LogP contribution in [-0.4, -0.2) is 45.1 Å². The predicted molar refractivity (Wildman–Crippen MR) is 112 cm³/mol. The van der Waals surface area contributed by atoms with E-state index in [2.05, 4.69) is 27.2 Å². The summed E-state index contributed by atoms with van der Waals surface area (Å²) in [6.45, 7) is 5.87. The summed E-state index contributed by atoms with van der Waals surface area (Å²) in [5.41, 5.74) is 0.951. The van der Waals surface area contributed by atoms with E-state index in [4.69, 9.17) is 0 Å². The van der Waals surface area contributed by atoms with Gasteiger partial charge in [-0.05, 0) is 58.4 Å². The summed E-state index contributed by atoms with van der Waals surface area (Å²) < 4.78 is 1.51. The SMILES string of the molecule is Cc1nc(NCC2CCCCN2c2ccc(=O)n(C3CCCC3O)n2)sc1C. The number of hydrogen-bond acceptors (Lipinski definition) is 7. The van der Waals surface area contributed by atoms with Gasteiger partial charge in [-0.15, -0.1) is 11.3 Å². The topological polar surface area (TPSA) is 83.3 Å². The van der Waals surface area contributed by atoms with Crippen molar-refractivity contribution in [3.8, 4) is 0 Å². The fourth-order valence-corrected chi connectivity index (χ4v) is 5.10. The van der Waals surface area contributed by atoms with Gasteiger partial charge in [0.25, 0.3) is 5.56 Å². The molecule has 2 N–H and O–H groups in total. The van der Waals surface area contributed by atoms with E-state index < -0.39 is 6.10 Å². The first kappa shape index (κ1) is 19.4. The molecule has 28 heavy (non-hydrogen) atoms. The molecule has 2 aromatic rings. The molecule has 1 aliphatic carbocycles. The normalized spacial score (nSPS) is 25.2. The molecule has 152 valence electrons. The Kier molecular flexibility index (Phi) is 5.68. The Hall–Kier alpha value is -1.93. The van der Waals surface area contributed by atoms with Gasteiger partial charge in [-0.3, -0.25) is 4.79 Å². The van der Waals surface area contributed by atoms with E-state index >= 15 is 0 Å². The van der Waals surface area contributed by atoms with E-state index in [1.54, 1.807) is 17.4 Å². The van der Waals surface area contributed by atoms with Crippen LogP contribution in [0.1, 0.15) is 55.1 Å². The molecule has 3 heterocycles. The van der Waals surface area contributed by atoms with Gasteiger partial charge in [-0.25, -0.2) is 9.67 Å². The number of anilines is 2. The van der Waals surface area contributed by atoms with Gasteiger partial charge in [0, 0.05) is 30.1 Å². The van der Waals surface area contributed by atoms with E-state index in [9.17, 15) is 9.90 Å². The van der Waals surface area contributed by atoms with Crippen molar-refractivity contribution < 1.29 is 5.11 Å². The Balaban J connectivity index is 1.53. The number of aliphatic hydroxyl groups excluding tert-OH is 1. The van der Waals surface area contributed by atoms with Gasteiger partial charge < -0.3 is 15.3 Å². The fourth-order valence-electron chi connectivity index (χ4n) is 4.28. The van der Waals surface area contributed by atoms with Gasteiger partial charge in [-0.1, -0.05) is 0 Å². The Morgan fingerprint density at radius 2 is 2.07 bits per heavy atom. The smallest absolute Gasteiger partial charge is 0.267 e. The molecule has 0 bridgehead atoms. The third-order valence-corrected chi connectivity index (χ3v) is 7.04. The van der Waals surface area contributed by atoms with Gasteiger partial charge in [0.15, 0.2) is 5.13 Å². The summed E-state index contributed by atoms with van der Waals surface area (Å²) in [4.78, 5) is 20.5. The van der Waals surface area contributed by atoms with Crippen molar-refractivity contribution >= 4 is 22.3 Å². The number of rotatable bonds is 5. The van der Waals surface area contributed by atoms with Gasteiger partial charge in [0.2, 0.25) is 0 Å². The van der Waals surface area contributed by atoms with Crippen molar-refractivity contribution in [1.82, 2.24) is 14.8 Å². The second kappa shape index (κ2) is 8.21. The molecule has 0 radical (unpaired) electrons. The summed E-state index contributed by atoms with van der Waals surface area (Å²) >= 11 is 1.69. The molecule has 7 nitrogen and oxygen atoms in total. The van der Waals surface area contributed by atoms with Crippen molar-refractivity contribution in [2.24, 2.45) is 0 Å². The zero-order chi connectivity index (χ0) is 19.7. The number of aryl methyl sites for hydroxylation is 2. The molecule has 0 spiro atoms. The zero-order valence-corrected chi connectivity index (χ0v) is 17.4. The minimum absolute atomic E-state index is 0.130. The molecule has 3 unspecified atom stereocenters. The fraction of sp³-hybridized carbons (Fsp3) is 0.650. The molecule has 0 amide bonds. The number of aromatic nitrogens is 3. The highest BCUT2D eigenvalue weighted by Crippen LogP contribution is 2.30. The Morgan fingerprint density at radius 1 is 1.21 bits per heavy atom. The Bertz CT molecular complexity index is 860. The van der Waals surface area contributed by atoms with Gasteiger partial charge in [0.05, 0.1) is 17.8 Å². The third-order valence-electron chi connectivity index (χ3n) is 6.01. The van der Waals surface area contributed by atoms with Crippen LogP contribution in [0.2, 0.25) is 0 Å². The molecule has 4 rings (SSSR count). The van der Waals surface area contributed by atoms with Crippen LogP contribution in [0.5, 0.6) is 0 Å². The minimum atomic E-state index is -0.476. The molecule has 8 heteroatoms. The number of thiazole rings is 1. The first-order chi connectivity index (χ1) is 13.5. The average molecular weight is 404 g/mol. The second-order valence-corrected chi connectivity index (χ2v) is 9.13. The second-order valence-electron chi connectivity index (χ2n) is 7.92. The molecule has 3 atom stereocenters. The Labute approximate surface area is 169 Å². The molecule has 2 fully saturated rings. The molecule has 1 saturated heterocycles. The molecule has 2 aromatic heterocycles. The van der Waals surface area contributed by atoms with Crippen molar-refractivity contribution in [1.29, 1.82) is 0 Å². The lowest BCUT2D eigenvalue weighted by Gasteiger charge is -2.37. The standard InChI is InChI=1S/C20H29N5O2S/c1-13-14(2)28-20(22-13)21-12-15-6-3-4-11-24(15)18-9-10-19(27)25(23-18)16-7-5-8-17(16)26/h9-10,15-17,26H,3-8,11-12H2,1-2H3,(H,21,22). The van der Waals surface area contributed by atoms with Crippen LogP contribution in [0.3, 0.4) is 0 Å². The van der Waals surface area contributed by atoms with Crippen LogP contribution in [0.4, 0.5) is 10.9 Å². The van der Waals surface area contributed by atoms with E-state index in [0.717, 1.165) is 61.8 Å². The zero-order valence-electron chi connectivity index (χ0n) is 16.6. The number of piperidine rings is 1. The highest BCUT2D eigenvalue weighted by Gasteiger charge is 2.30. The summed E-state index contributed by atoms with van der Waals surface area (Å²) in [6.07, 6.45) is 5.42. The average Bonchev–Trinajstić information content (AvgIpc) is 3.26. The van der Waals surface area contributed by atoms with E-state index in [1.807, 2.05) is 13.0 Å². The number of nitrogens with zero attached hydrogens (tertiary/aromatic N) is 4. The molecular formula is C20H29N5O2S. The highest BCUT2D eigenvalue weighted by molar-refractivity contribution is 7.15. The summed E-state index contributed by atoms with van der Waals surface area (Å²) in [5.74, 6) is 0.830. The predicted octanol–water partition coefficient (Wildman–Crippen LogP) is 2.87. The van der Waals surface area contributed by atoms with Gasteiger partial charge >= 0.3 is 0 Å². The summed E-state index contributed by atoms with van der Waals surface area (Å²) in [5, 5.41) is 19.4. The van der Waals surface area contributed by atoms with Crippen LogP contribution >= 0.6 is 11.3 Å². The van der Waals surface area contributed by atoms with Gasteiger partial charge in [-0.2, -0.15) is 5.10 Å². The summed E-state index contributed by atoms with van der Waals surface area (Å²) in [6, 6.07) is 3.54. The molecular weight excluding hydrogens is 374 g/mol. The van der Waals surface area contributed by atoms with Crippen molar-refractivity contribution in [2.45, 2.75) is 70.6 Å². The van der Waals surface area contributed by atoms with Crippen molar-refractivity contribution in [2.75, 3.05) is 23.3 Å². The number of hydrogen-bond donors (Lipinski definition) is 2. The van der Waals surface area contributed by atoms with Crippen LogP contribution < -0.4 is 15.8 Å². The maximum absolute atomic E-state index is 12.4. The van der Waals surface area contributed by atoms with Crippen LogP contribution in [0, 0.1) is 13.8 Å². The molecule has 0 aromatic carbocycles. The largest absolute Gasteiger partial charge is 0.391 e. The highest BCUT2D eigenvalue weighted by atomic mass is 32.1. The monoisotopic (exact) mass is 403 g/mol. The maximum atomic E-state index is 12.4. The third kappa shape index (κ3) is 3.93. The number of aliphatic hydroxyl groups is 1. The Morgan fingerprint density at radius 3 is 2.79 bits per heavy atom. The quantitative estimate of drug-likeness (QED) is 0.799. The summed E-state index contributed by atoms with van der Waals surface area (Å²) in [7, 11) is 0. The van der Waals surface area contributed by atoms with E-state index in [1.165, 1.54) is 16.0 Å². The minimum Gasteiger partial charge on any atom is -0.391 e. The molecule has 1 aliphatic heterocycles. The van der Waals surface area contributed by atoms with Crippen molar-refractivity contribution in [3.05, 3.63) is 33.1 Å². The molecule has 2 aliphatic rings.